The smallest absolute Gasteiger partial charge is 0.308 e. The minimum atomic E-state index is -0.297. The largest absolute Gasteiger partial charge is 0.466 e. The van der Waals surface area contributed by atoms with E-state index < -0.39 is 0 Å². The van der Waals surface area contributed by atoms with Gasteiger partial charge in [0.1, 0.15) is 0 Å². The number of amides is 1. The lowest BCUT2D eigenvalue weighted by Crippen LogP contribution is -2.28. The minimum absolute atomic E-state index is 0.150. The first-order chi connectivity index (χ1) is 7.63. The Morgan fingerprint density at radius 1 is 1.56 bits per heavy atom. The highest BCUT2D eigenvalue weighted by Crippen LogP contribution is 2.22. The Balaban J connectivity index is 2.65. The summed E-state index contributed by atoms with van der Waals surface area (Å²) in [5, 5.41) is 4.65. The monoisotopic (exact) mass is 241 g/mol. The van der Waals surface area contributed by atoms with Gasteiger partial charge in [-0.3, -0.25) is 9.59 Å². The van der Waals surface area contributed by atoms with Crippen LogP contribution in [-0.2, 0) is 14.3 Å². The van der Waals surface area contributed by atoms with Gasteiger partial charge >= 0.3 is 5.97 Å². The molecule has 0 aliphatic carbocycles. The van der Waals surface area contributed by atoms with E-state index in [0.717, 1.165) is 4.88 Å². The molecule has 0 saturated carbocycles. The van der Waals surface area contributed by atoms with E-state index in [9.17, 15) is 9.59 Å². The van der Waals surface area contributed by atoms with E-state index >= 15 is 0 Å². The van der Waals surface area contributed by atoms with E-state index in [1.165, 1.54) is 18.3 Å². The lowest BCUT2D eigenvalue weighted by atomic mass is 10.1. The molecule has 0 bridgehead atoms. The summed E-state index contributed by atoms with van der Waals surface area (Å²) in [4.78, 5) is 23.4. The van der Waals surface area contributed by atoms with Crippen LogP contribution in [-0.4, -0.2) is 18.5 Å². The molecule has 5 heteroatoms. The molecule has 0 spiro atoms. The van der Waals surface area contributed by atoms with Crippen LogP contribution in [0.2, 0.25) is 0 Å². The summed E-state index contributed by atoms with van der Waals surface area (Å²) in [6.45, 7) is 3.55. The number of thiophene rings is 1. The van der Waals surface area contributed by atoms with Crippen molar-refractivity contribution < 1.29 is 14.3 Å². The Labute approximate surface area is 98.6 Å². The summed E-state index contributed by atoms with van der Waals surface area (Å²) >= 11 is 1.51. The van der Waals surface area contributed by atoms with Crippen molar-refractivity contribution in [2.45, 2.75) is 26.3 Å². The van der Waals surface area contributed by atoms with E-state index in [2.05, 4.69) is 5.32 Å². The molecule has 1 aromatic heterocycles. The fourth-order valence-corrected chi connectivity index (χ4v) is 2.12. The molecule has 1 aromatic rings. The Hall–Kier alpha value is -1.36. The molecule has 0 aliphatic rings. The Morgan fingerprint density at radius 3 is 2.81 bits per heavy atom. The highest BCUT2D eigenvalue weighted by molar-refractivity contribution is 7.10. The maximum atomic E-state index is 11.4. The lowest BCUT2D eigenvalue weighted by Gasteiger charge is -2.15. The summed E-state index contributed by atoms with van der Waals surface area (Å²) in [5.41, 5.74) is 0. The fraction of sp³-hybridized carbons (Fsp3) is 0.455. The molecule has 0 saturated heterocycles. The van der Waals surface area contributed by atoms with Crippen LogP contribution in [0.3, 0.4) is 0 Å². The van der Waals surface area contributed by atoms with Gasteiger partial charge in [0.05, 0.1) is 19.1 Å². The van der Waals surface area contributed by atoms with Crippen LogP contribution in [0.1, 0.15) is 31.2 Å². The van der Waals surface area contributed by atoms with Gasteiger partial charge in [0.25, 0.3) is 0 Å². The second-order valence-electron chi connectivity index (χ2n) is 3.28. The maximum Gasteiger partial charge on any atom is 0.308 e. The molecule has 0 aromatic carbocycles. The number of hydrogen-bond acceptors (Lipinski definition) is 4. The summed E-state index contributed by atoms with van der Waals surface area (Å²) in [5.74, 6) is -0.447. The summed E-state index contributed by atoms with van der Waals surface area (Å²) in [6, 6.07) is 3.50. The van der Waals surface area contributed by atoms with Gasteiger partial charge in [-0.05, 0) is 18.4 Å². The molecule has 1 N–H and O–H groups in total. The summed E-state index contributed by atoms with van der Waals surface area (Å²) < 4.78 is 4.87. The zero-order chi connectivity index (χ0) is 12.0. The van der Waals surface area contributed by atoms with E-state index in [0.29, 0.717) is 6.61 Å². The predicted molar refractivity (Wildman–Crippen MR) is 62.1 cm³/mol. The van der Waals surface area contributed by atoms with Crippen LogP contribution in [0.15, 0.2) is 17.5 Å². The maximum absolute atomic E-state index is 11.4. The number of nitrogens with one attached hydrogen (secondary N) is 1. The quantitative estimate of drug-likeness (QED) is 0.801. The number of hydrogen-bond donors (Lipinski definition) is 1. The lowest BCUT2D eigenvalue weighted by molar-refractivity contribution is -0.143. The second-order valence-corrected chi connectivity index (χ2v) is 4.26. The molecule has 1 heterocycles. The topological polar surface area (TPSA) is 55.4 Å². The van der Waals surface area contributed by atoms with Gasteiger partial charge in [-0.15, -0.1) is 11.3 Å². The van der Waals surface area contributed by atoms with Crippen molar-refractivity contribution in [1.82, 2.24) is 5.32 Å². The SMILES string of the molecule is CCOC(=O)C[C@H](NC(C)=O)c1cccs1. The predicted octanol–water partition coefficient (Wildman–Crippen LogP) is 1.88. The third kappa shape index (κ3) is 4.02. The van der Waals surface area contributed by atoms with Crippen molar-refractivity contribution in [1.29, 1.82) is 0 Å². The Morgan fingerprint density at radius 2 is 2.31 bits per heavy atom. The number of carbonyl (C=O) groups is 2. The Bertz CT molecular complexity index is 348. The second kappa shape index (κ2) is 6.27. The van der Waals surface area contributed by atoms with Gasteiger partial charge in [-0.2, -0.15) is 0 Å². The van der Waals surface area contributed by atoms with Crippen LogP contribution in [0.5, 0.6) is 0 Å². The highest BCUT2D eigenvalue weighted by atomic mass is 32.1. The van der Waals surface area contributed by atoms with Crippen LogP contribution in [0, 0.1) is 0 Å². The first-order valence-corrected chi connectivity index (χ1v) is 5.97. The van der Waals surface area contributed by atoms with Gasteiger partial charge in [-0.25, -0.2) is 0 Å². The van der Waals surface area contributed by atoms with Crippen molar-refractivity contribution in [2.75, 3.05) is 6.61 Å². The van der Waals surface area contributed by atoms with Crippen molar-refractivity contribution in [3.8, 4) is 0 Å². The van der Waals surface area contributed by atoms with Crippen LogP contribution in [0.25, 0.3) is 0 Å². The Kier molecular flexibility index (Phi) is 4.98. The molecule has 88 valence electrons. The molecular weight excluding hydrogens is 226 g/mol. The molecule has 0 radical (unpaired) electrons. The van der Waals surface area contributed by atoms with E-state index in [1.807, 2.05) is 17.5 Å². The van der Waals surface area contributed by atoms with Crippen molar-refractivity contribution in [3.63, 3.8) is 0 Å². The van der Waals surface area contributed by atoms with Crippen molar-refractivity contribution >= 4 is 23.2 Å². The van der Waals surface area contributed by atoms with E-state index in [1.54, 1.807) is 6.92 Å². The molecular formula is C11H15NO3S. The third-order valence-electron chi connectivity index (χ3n) is 1.94. The fourth-order valence-electron chi connectivity index (χ4n) is 1.34. The minimum Gasteiger partial charge on any atom is -0.466 e. The first-order valence-electron chi connectivity index (χ1n) is 5.09. The van der Waals surface area contributed by atoms with E-state index in [4.69, 9.17) is 4.74 Å². The molecule has 1 amide bonds. The molecule has 1 atom stereocenters. The third-order valence-corrected chi connectivity index (χ3v) is 2.93. The summed E-state index contributed by atoms with van der Waals surface area (Å²) in [6.07, 6.45) is 0.175. The summed E-state index contributed by atoms with van der Waals surface area (Å²) in [7, 11) is 0. The molecule has 16 heavy (non-hydrogen) atoms. The van der Waals surface area contributed by atoms with E-state index in [-0.39, 0.29) is 24.3 Å². The van der Waals surface area contributed by atoms with Crippen molar-refractivity contribution in [3.05, 3.63) is 22.4 Å². The number of carbonyl (C=O) groups excluding carboxylic acids is 2. The molecule has 0 aliphatic heterocycles. The standard InChI is InChI=1S/C11H15NO3S/c1-3-15-11(14)7-9(12-8(2)13)10-5-4-6-16-10/h4-6,9H,3,7H2,1-2H3,(H,12,13)/t9-/m0/s1. The zero-order valence-corrected chi connectivity index (χ0v) is 10.2. The average Bonchev–Trinajstić information content (AvgIpc) is 2.68. The van der Waals surface area contributed by atoms with Gasteiger partial charge in [0, 0.05) is 11.8 Å². The normalized spacial score (nSPS) is 11.9. The van der Waals surface area contributed by atoms with Crippen LogP contribution in [0.4, 0.5) is 0 Å². The van der Waals surface area contributed by atoms with Crippen LogP contribution >= 0.6 is 11.3 Å². The number of rotatable bonds is 5. The van der Waals surface area contributed by atoms with Crippen LogP contribution < -0.4 is 5.32 Å². The van der Waals surface area contributed by atoms with Gasteiger partial charge in [-0.1, -0.05) is 6.07 Å². The van der Waals surface area contributed by atoms with Crippen molar-refractivity contribution in [2.24, 2.45) is 0 Å². The molecule has 4 nitrogen and oxygen atoms in total. The molecule has 1 rings (SSSR count). The zero-order valence-electron chi connectivity index (χ0n) is 9.36. The highest BCUT2D eigenvalue weighted by Gasteiger charge is 2.18. The number of esters is 1. The average molecular weight is 241 g/mol. The molecule has 0 fully saturated rings. The first kappa shape index (κ1) is 12.7. The van der Waals surface area contributed by atoms with Gasteiger partial charge in [0.2, 0.25) is 5.91 Å². The van der Waals surface area contributed by atoms with Gasteiger partial charge in [0.15, 0.2) is 0 Å². The molecule has 0 unspecified atom stereocenters. The van der Waals surface area contributed by atoms with Gasteiger partial charge < -0.3 is 10.1 Å². The number of ether oxygens (including phenoxy) is 1.